The smallest absolute Gasteiger partial charge is 0.225 e. The second kappa shape index (κ2) is 8.42. The monoisotopic (exact) mass is 427 g/mol. The second-order valence-electron chi connectivity index (χ2n) is 8.91. The molecule has 1 amide bonds. The van der Waals surface area contributed by atoms with Gasteiger partial charge in [-0.05, 0) is 31.4 Å². The van der Waals surface area contributed by atoms with E-state index in [-0.39, 0.29) is 5.92 Å². The van der Waals surface area contributed by atoms with Gasteiger partial charge in [0.05, 0.1) is 5.39 Å². The molecule has 1 aliphatic carbocycles. The first-order chi connectivity index (χ1) is 14.7. The fraction of sp³-hybridized carbons (Fsp3) is 0.696. The average molecular weight is 428 g/mol. The molecule has 2 fully saturated rings. The van der Waals surface area contributed by atoms with E-state index in [1.54, 1.807) is 0 Å². The molecule has 2 aliphatic heterocycles. The minimum Gasteiger partial charge on any atom is -0.352 e. The van der Waals surface area contributed by atoms with Crippen molar-refractivity contribution in [1.29, 1.82) is 0 Å². The number of nitrogens with zero attached hydrogens (tertiary/aromatic N) is 5. The van der Waals surface area contributed by atoms with Gasteiger partial charge in [-0.25, -0.2) is 9.97 Å². The van der Waals surface area contributed by atoms with Gasteiger partial charge in [-0.15, -0.1) is 11.3 Å². The van der Waals surface area contributed by atoms with Crippen LogP contribution in [0.3, 0.4) is 0 Å². The van der Waals surface area contributed by atoms with Crippen LogP contribution in [-0.4, -0.2) is 64.9 Å². The van der Waals surface area contributed by atoms with Crippen LogP contribution < -0.4 is 4.90 Å². The van der Waals surface area contributed by atoms with Gasteiger partial charge < -0.3 is 9.80 Å². The number of hydrogen-bond acceptors (Lipinski definition) is 6. The molecule has 6 nitrogen and oxygen atoms in total. The van der Waals surface area contributed by atoms with E-state index in [0.29, 0.717) is 5.91 Å². The SMILES string of the molecule is CCc1nc(N2CCN(C(=O)C3CCCC3)CC2)c2c3c(sc2n1)CN(CC)CC3. The molecule has 0 aromatic carbocycles. The van der Waals surface area contributed by atoms with E-state index >= 15 is 0 Å². The molecule has 2 aromatic heterocycles. The molecule has 7 heteroatoms. The number of aryl methyl sites for hydroxylation is 1. The normalized spacial score (nSPS) is 20.9. The molecule has 5 rings (SSSR count). The van der Waals surface area contributed by atoms with Gasteiger partial charge in [-0.1, -0.05) is 26.7 Å². The lowest BCUT2D eigenvalue weighted by atomic mass is 10.0. The number of likely N-dealkylation sites (N-methyl/N-ethyl adjacent to an activating group) is 1. The van der Waals surface area contributed by atoms with Crippen molar-refractivity contribution in [2.75, 3.05) is 44.2 Å². The number of amides is 1. The van der Waals surface area contributed by atoms with E-state index in [4.69, 9.17) is 9.97 Å². The Bertz CT molecular complexity index is 927. The van der Waals surface area contributed by atoms with Crippen molar-refractivity contribution in [3.63, 3.8) is 0 Å². The fourth-order valence-corrected chi connectivity index (χ4v) is 6.57. The molecule has 3 aliphatic rings. The van der Waals surface area contributed by atoms with Crippen molar-refractivity contribution in [2.45, 2.75) is 58.9 Å². The van der Waals surface area contributed by atoms with Crippen molar-refractivity contribution >= 4 is 33.3 Å². The van der Waals surface area contributed by atoms with Crippen LogP contribution in [0.1, 0.15) is 55.8 Å². The van der Waals surface area contributed by atoms with E-state index in [1.165, 1.54) is 28.7 Å². The van der Waals surface area contributed by atoms with E-state index in [9.17, 15) is 4.79 Å². The van der Waals surface area contributed by atoms with Crippen LogP contribution in [-0.2, 0) is 24.2 Å². The fourth-order valence-electron chi connectivity index (χ4n) is 5.30. The number of hydrogen-bond donors (Lipinski definition) is 0. The number of thiophene rings is 1. The Balaban J connectivity index is 1.41. The van der Waals surface area contributed by atoms with Crippen LogP contribution in [0.15, 0.2) is 0 Å². The summed E-state index contributed by atoms with van der Waals surface area (Å²) in [6.45, 7) is 11.0. The largest absolute Gasteiger partial charge is 0.352 e. The molecule has 4 heterocycles. The Morgan fingerprint density at radius 3 is 2.53 bits per heavy atom. The first-order valence-corrected chi connectivity index (χ1v) is 12.6. The first-order valence-electron chi connectivity index (χ1n) is 11.7. The van der Waals surface area contributed by atoms with E-state index in [1.807, 2.05) is 11.3 Å². The van der Waals surface area contributed by atoms with Crippen LogP contribution in [0, 0.1) is 5.92 Å². The number of anilines is 1. The summed E-state index contributed by atoms with van der Waals surface area (Å²) in [5.74, 6) is 2.72. The van der Waals surface area contributed by atoms with Gasteiger partial charge in [0, 0.05) is 56.5 Å². The Morgan fingerprint density at radius 1 is 1.07 bits per heavy atom. The predicted molar refractivity (Wildman–Crippen MR) is 122 cm³/mol. The molecule has 1 saturated heterocycles. The molecule has 30 heavy (non-hydrogen) atoms. The zero-order chi connectivity index (χ0) is 20.7. The Morgan fingerprint density at radius 2 is 1.83 bits per heavy atom. The van der Waals surface area contributed by atoms with Crippen LogP contribution in [0.5, 0.6) is 0 Å². The van der Waals surface area contributed by atoms with Crippen LogP contribution in [0.4, 0.5) is 5.82 Å². The van der Waals surface area contributed by atoms with Gasteiger partial charge in [-0.2, -0.15) is 0 Å². The third-order valence-corrected chi connectivity index (χ3v) is 8.28. The zero-order valence-electron chi connectivity index (χ0n) is 18.3. The second-order valence-corrected chi connectivity index (χ2v) is 10.00. The molecule has 0 unspecified atom stereocenters. The summed E-state index contributed by atoms with van der Waals surface area (Å²) in [5.41, 5.74) is 1.47. The summed E-state index contributed by atoms with van der Waals surface area (Å²) in [5, 5.41) is 1.29. The molecule has 1 saturated carbocycles. The highest BCUT2D eigenvalue weighted by Crippen LogP contribution is 2.39. The van der Waals surface area contributed by atoms with Crippen molar-refractivity contribution < 1.29 is 4.79 Å². The molecular weight excluding hydrogens is 394 g/mol. The summed E-state index contributed by atoms with van der Waals surface area (Å²) in [4.78, 5) is 32.4. The maximum Gasteiger partial charge on any atom is 0.225 e. The third kappa shape index (κ3) is 3.60. The maximum atomic E-state index is 12.8. The molecule has 0 spiro atoms. The zero-order valence-corrected chi connectivity index (χ0v) is 19.1. The maximum absolute atomic E-state index is 12.8. The van der Waals surface area contributed by atoms with E-state index < -0.39 is 0 Å². The summed E-state index contributed by atoms with van der Waals surface area (Å²) < 4.78 is 0. The Labute approximate surface area is 183 Å². The minimum absolute atomic E-state index is 0.277. The quantitative estimate of drug-likeness (QED) is 0.748. The number of fused-ring (bicyclic) bond motifs is 3. The first kappa shape index (κ1) is 20.2. The van der Waals surface area contributed by atoms with Gasteiger partial charge in [0.1, 0.15) is 16.5 Å². The third-order valence-electron chi connectivity index (χ3n) is 7.17. The Hall–Kier alpha value is -1.73. The van der Waals surface area contributed by atoms with Gasteiger partial charge >= 0.3 is 0 Å². The lowest BCUT2D eigenvalue weighted by molar-refractivity contribution is -0.135. The van der Waals surface area contributed by atoms with Crippen LogP contribution in [0.25, 0.3) is 10.2 Å². The number of aromatic nitrogens is 2. The van der Waals surface area contributed by atoms with Crippen LogP contribution >= 0.6 is 11.3 Å². The highest BCUT2D eigenvalue weighted by Gasteiger charge is 2.31. The molecule has 2 aromatic rings. The number of carbonyl (C=O) groups is 1. The topological polar surface area (TPSA) is 52.6 Å². The molecule has 0 atom stereocenters. The number of piperazine rings is 1. The molecule has 0 bridgehead atoms. The van der Waals surface area contributed by atoms with Crippen molar-refractivity contribution in [2.24, 2.45) is 5.92 Å². The van der Waals surface area contributed by atoms with Crippen molar-refractivity contribution in [3.05, 3.63) is 16.3 Å². The number of carbonyl (C=O) groups excluding carboxylic acids is 1. The minimum atomic E-state index is 0.277. The summed E-state index contributed by atoms with van der Waals surface area (Å²) >= 11 is 1.86. The van der Waals surface area contributed by atoms with E-state index in [0.717, 1.165) is 88.0 Å². The van der Waals surface area contributed by atoms with Crippen molar-refractivity contribution in [3.8, 4) is 0 Å². The summed E-state index contributed by atoms with van der Waals surface area (Å²) in [6.07, 6.45) is 6.54. The molecule has 0 radical (unpaired) electrons. The highest BCUT2D eigenvalue weighted by molar-refractivity contribution is 7.19. The van der Waals surface area contributed by atoms with Crippen LogP contribution in [0.2, 0.25) is 0 Å². The van der Waals surface area contributed by atoms with Gasteiger partial charge in [0.25, 0.3) is 0 Å². The summed E-state index contributed by atoms with van der Waals surface area (Å²) in [7, 11) is 0. The highest BCUT2D eigenvalue weighted by atomic mass is 32.1. The lowest BCUT2D eigenvalue weighted by Crippen LogP contribution is -2.50. The number of rotatable bonds is 4. The molecule has 162 valence electrons. The lowest BCUT2D eigenvalue weighted by Gasteiger charge is -2.37. The average Bonchev–Trinajstić information content (AvgIpc) is 3.45. The molecular formula is C23H33N5OS. The van der Waals surface area contributed by atoms with Gasteiger partial charge in [0.15, 0.2) is 0 Å². The van der Waals surface area contributed by atoms with Crippen molar-refractivity contribution in [1.82, 2.24) is 19.8 Å². The van der Waals surface area contributed by atoms with E-state index in [2.05, 4.69) is 28.5 Å². The Kier molecular flexibility index (Phi) is 5.67. The van der Waals surface area contributed by atoms with Gasteiger partial charge in [0.2, 0.25) is 5.91 Å². The standard InChI is InChI=1S/C23H33N5OS/c1-3-19-24-21(20-17-9-10-26(4-2)15-18(17)30-22(20)25-19)27-11-13-28(14-12-27)23(29)16-7-5-6-8-16/h16H,3-15H2,1-2H3. The summed E-state index contributed by atoms with van der Waals surface area (Å²) in [6, 6.07) is 0. The van der Waals surface area contributed by atoms with Gasteiger partial charge in [-0.3, -0.25) is 9.69 Å². The predicted octanol–water partition coefficient (Wildman–Crippen LogP) is 3.47. The molecule has 0 N–H and O–H groups in total.